The van der Waals surface area contributed by atoms with Crippen LogP contribution in [0.4, 0.5) is 4.39 Å². The molecule has 6 rings (SSSR count). The molecule has 3 atom stereocenters. The fourth-order valence-corrected chi connectivity index (χ4v) is 5.38. The molecular weight excluding hydrogens is 441 g/mol. The highest BCUT2D eigenvalue weighted by atomic mass is 19.1. The molecule has 0 radical (unpaired) electrons. The quantitative estimate of drug-likeness (QED) is 0.461. The van der Waals surface area contributed by atoms with Crippen molar-refractivity contribution in [3.05, 3.63) is 52.6 Å². The second-order valence-electron chi connectivity index (χ2n) is 8.99. The van der Waals surface area contributed by atoms with E-state index in [-0.39, 0.29) is 29.7 Å². The van der Waals surface area contributed by atoms with E-state index < -0.39 is 5.82 Å². The van der Waals surface area contributed by atoms with Gasteiger partial charge in [-0.3, -0.25) is 18.6 Å². The van der Waals surface area contributed by atoms with Crippen molar-refractivity contribution in [2.45, 2.75) is 51.3 Å². The van der Waals surface area contributed by atoms with Crippen LogP contribution in [0.25, 0.3) is 22.4 Å². The van der Waals surface area contributed by atoms with Crippen LogP contribution in [0.2, 0.25) is 0 Å². The summed E-state index contributed by atoms with van der Waals surface area (Å²) in [5.74, 6) is -0.0824. The SMILES string of the molecule is CC(=O)N1CCCC1c1cn(-c2ncn3c2c(=O)n(C2CCOC2C)c2cc(F)ccc23)nn1. The highest BCUT2D eigenvalue weighted by molar-refractivity contribution is 5.81. The fraction of sp³-hybridized carbons (Fsp3) is 0.435. The van der Waals surface area contributed by atoms with Crippen molar-refractivity contribution in [1.29, 1.82) is 0 Å². The van der Waals surface area contributed by atoms with E-state index in [0.29, 0.717) is 47.6 Å². The lowest BCUT2D eigenvalue weighted by Crippen LogP contribution is -2.30. The van der Waals surface area contributed by atoms with E-state index in [1.165, 1.54) is 16.8 Å². The zero-order valence-corrected chi connectivity index (χ0v) is 18.9. The first kappa shape index (κ1) is 21.0. The minimum atomic E-state index is -0.417. The number of hydrogen-bond acceptors (Lipinski definition) is 6. The van der Waals surface area contributed by atoms with Crippen LogP contribution >= 0.6 is 0 Å². The van der Waals surface area contributed by atoms with Gasteiger partial charge < -0.3 is 9.64 Å². The van der Waals surface area contributed by atoms with Crippen molar-refractivity contribution >= 4 is 22.5 Å². The molecule has 4 aromatic rings. The molecule has 0 N–H and O–H groups in total. The van der Waals surface area contributed by atoms with E-state index in [1.54, 1.807) is 39.4 Å². The number of carbonyl (C=O) groups excluding carboxylic acids is 1. The Balaban J connectivity index is 1.54. The average Bonchev–Trinajstić information content (AvgIpc) is 3.59. The van der Waals surface area contributed by atoms with Crippen molar-refractivity contribution in [3.8, 4) is 5.82 Å². The monoisotopic (exact) mass is 465 g/mol. The molecular formula is C23H24FN7O3. The van der Waals surface area contributed by atoms with Gasteiger partial charge >= 0.3 is 0 Å². The lowest BCUT2D eigenvalue weighted by molar-refractivity contribution is -0.129. The molecule has 2 aliphatic heterocycles. The number of likely N-dealkylation sites (tertiary alicyclic amines) is 1. The maximum absolute atomic E-state index is 14.2. The number of fused-ring (bicyclic) bond motifs is 3. The second kappa shape index (κ2) is 7.73. The summed E-state index contributed by atoms with van der Waals surface area (Å²) >= 11 is 0. The minimum Gasteiger partial charge on any atom is -0.376 e. The van der Waals surface area contributed by atoms with Crippen LogP contribution in [0.1, 0.15) is 50.9 Å². The molecule has 34 heavy (non-hydrogen) atoms. The number of amides is 1. The van der Waals surface area contributed by atoms with E-state index in [4.69, 9.17) is 4.74 Å². The van der Waals surface area contributed by atoms with Crippen molar-refractivity contribution < 1.29 is 13.9 Å². The second-order valence-corrected chi connectivity index (χ2v) is 8.99. The average molecular weight is 465 g/mol. The first-order valence-electron chi connectivity index (χ1n) is 11.5. The summed E-state index contributed by atoms with van der Waals surface area (Å²) in [6, 6.07) is 4.03. The Morgan fingerprint density at radius 2 is 2.09 bits per heavy atom. The standard InChI is InChI=1S/C23H24FN7O3/c1-13-17(7-9-34-13)31-20-10-15(24)5-6-19(20)29-12-25-22(21(29)23(31)33)30-11-16(26-27-30)18-4-3-8-28(18)14(2)32/h5-6,10-13,17-18H,3-4,7-9H2,1-2H3. The van der Waals surface area contributed by atoms with Crippen molar-refractivity contribution in [1.82, 2.24) is 33.8 Å². The van der Waals surface area contributed by atoms with Gasteiger partial charge in [0.1, 0.15) is 17.8 Å². The van der Waals surface area contributed by atoms with E-state index >= 15 is 0 Å². The van der Waals surface area contributed by atoms with Crippen molar-refractivity contribution in [3.63, 3.8) is 0 Å². The lowest BCUT2D eigenvalue weighted by atomic mass is 10.1. The van der Waals surface area contributed by atoms with Gasteiger partial charge in [0.15, 0.2) is 11.3 Å². The molecule has 2 aliphatic rings. The summed E-state index contributed by atoms with van der Waals surface area (Å²) in [4.78, 5) is 32.1. The molecule has 2 fully saturated rings. The van der Waals surface area contributed by atoms with Gasteiger partial charge in [-0.2, -0.15) is 4.68 Å². The number of rotatable bonds is 3. The maximum atomic E-state index is 14.2. The van der Waals surface area contributed by atoms with Gasteiger partial charge in [-0.25, -0.2) is 9.37 Å². The highest BCUT2D eigenvalue weighted by Gasteiger charge is 2.32. The summed E-state index contributed by atoms with van der Waals surface area (Å²) in [7, 11) is 0. The summed E-state index contributed by atoms with van der Waals surface area (Å²) < 4.78 is 24.7. The zero-order chi connectivity index (χ0) is 23.6. The first-order valence-corrected chi connectivity index (χ1v) is 11.5. The zero-order valence-electron chi connectivity index (χ0n) is 18.9. The number of aromatic nitrogens is 6. The highest BCUT2D eigenvalue weighted by Crippen LogP contribution is 2.32. The Bertz CT molecular complexity index is 1490. The van der Waals surface area contributed by atoms with Gasteiger partial charge in [0.25, 0.3) is 5.56 Å². The van der Waals surface area contributed by atoms with E-state index in [2.05, 4.69) is 15.3 Å². The number of hydrogen-bond donors (Lipinski definition) is 0. The van der Waals surface area contributed by atoms with E-state index in [1.807, 2.05) is 6.92 Å². The molecule has 1 aromatic carbocycles. The number of halogens is 1. The third kappa shape index (κ3) is 3.07. The van der Waals surface area contributed by atoms with Gasteiger partial charge in [0, 0.05) is 20.1 Å². The van der Waals surface area contributed by atoms with E-state index in [9.17, 15) is 14.0 Å². The van der Waals surface area contributed by atoms with E-state index in [0.717, 1.165) is 12.8 Å². The molecule has 3 aromatic heterocycles. The van der Waals surface area contributed by atoms with Crippen LogP contribution in [0.3, 0.4) is 0 Å². The third-order valence-corrected chi connectivity index (χ3v) is 7.02. The van der Waals surface area contributed by atoms with Gasteiger partial charge in [0.05, 0.1) is 35.4 Å². The number of ether oxygens (including phenoxy) is 1. The maximum Gasteiger partial charge on any atom is 0.279 e. The summed E-state index contributed by atoms with van der Waals surface area (Å²) in [5.41, 5.74) is 1.84. The molecule has 5 heterocycles. The molecule has 0 bridgehead atoms. The smallest absolute Gasteiger partial charge is 0.279 e. The summed E-state index contributed by atoms with van der Waals surface area (Å²) in [6.45, 7) is 4.70. The minimum absolute atomic E-state index is 0.000943. The topological polar surface area (TPSA) is 99.6 Å². The molecule has 1 amide bonds. The van der Waals surface area contributed by atoms with Crippen molar-refractivity contribution in [2.75, 3.05) is 13.2 Å². The number of benzene rings is 1. The van der Waals surface area contributed by atoms with Gasteiger partial charge in [-0.15, -0.1) is 5.10 Å². The largest absolute Gasteiger partial charge is 0.376 e. The Morgan fingerprint density at radius 3 is 2.85 bits per heavy atom. The predicted molar refractivity (Wildman–Crippen MR) is 120 cm³/mol. The molecule has 176 valence electrons. The molecule has 11 heteroatoms. The van der Waals surface area contributed by atoms with Crippen LogP contribution in [-0.2, 0) is 9.53 Å². The Morgan fingerprint density at radius 1 is 1.24 bits per heavy atom. The lowest BCUT2D eigenvalue weighted by Gasteiger charge is -2.21. The molecule has 0 spiro atoms. The molecule has 10 nitrogen and oxygen atoms in total. The van der Waals surface area contributed by atoms with Crippen LogP contribution in [-0.4, -0.2) is 59.0 Å². The van der Waals surface area contributed by atoms with Crippen LogP contribution in [0.5, 0.6) is 0 Å². The fourth-order valence-electron chi connectivity index (χ4n) is 5.38. The summed E-state index contributed by atoms with van der Waals surface area (Å²) in [6.07, 6.45) is 5.46. The van der Waals surface area contributed by atoms with Gasteiger partial charge in [0.2, 0.25) is 5.91 Å². The molecule has 0 saturated carbocycles. The first-order chi connectivity index (χ1) is 16.4. The van der Waals surface area contributed by atoms with Crippen molar-refractivity contribution in [2.24, 2.45) is 0 Å². The van der Waals surface area contributed by atoms with Gasteiger partial charge in [-0.1, -0.05) is 5.21 Å². The van der Waals surface area contributed by atoms with Gasteiger partial charge in [-0.05, 0) is 44.4 Å². The number of carbonyl (C=O) groups is 1. The number of imidazole rings is 1. The van der Waals surface area contributed by atoms with Crippen LogP contribution in [0.15, 0.2) is 35.5 Å². The third-order valence-electron chi connectivity index (χ3n) is 7.02. The molecule has 2 saturated heterocycles. The summed E-state index contributed by atoms with van der Waals surface area (Å²) in [5, 5.41) is 8.55. The predicted octanol–water partition coefficient (Wildman–Crippen LogP) is 2.40. The molecule has 0 aliphatic carbocycles. The normalized spacial score (nSPS) is 22.9. The number of nitrogens with zero attached hydrogens (tertiary/aromatic N) is 7. The Hall–Kier alpha value is -3.60. The Labute approximate surface area is 193 Å². The van der Waals surface area contributed by atoms with Crippen LogP contribution in [0, 0.1) is 5.82 Å². The molecule has 3 unspecified atom stereocenters. The Kier molecular flexibility index (Phi) is 4.76. The van der Waals surface area contributed by atoms with Crippen LogP contribution < -0.4 is 5.56 Å².